The molecule has 0 N–H and O–H groups in total. The number of hydrogen-bond acceptors (Lipinski definition) is 5. The van der Waals surface area contributed by atoms with Crippen molar-refractivity contribution in [1.82, 2.24) is 4.90 Å². The number of anilines is 1. The quantitative estimate of drug-likeness (QED) is 0.403. The number of piperidine rings is 1. The summed E-state index contributed by atoms with van der Waals surface area (Å²) in [4.78, 5) is 42.1. The highest BCUT2D eigenvalue weighted by Gasteiger charge is 2.41. The minimum Gasteiger partial charge on any atom is -0.462 e. The van der Waals surface area contributed by atoms with Crippen LogP contribution in [0.4, 0.5) is 5.69 Å². The van der Waals surface area contributed by atoms with Gasteiger partial charge in [0.15, 0.2) is 0 Å². The fourth-order valence-corrected chi connectivity index (χ4v) is 6.47. The second kappa shape index (κ2) is 10.6. The van der Waals surface area contributed by atoms with Crippen LogP contribution in [0.5, 0.6) is 0 Å². The van der Waals surface area contributed by atoms with E-state index in [2.05, 4.69) is 42.2 Å². The minimum absolute atomic E-state index is 0.169. The van der Waals surface area contributed by atoms with E-state index in [0.29, 0.717) is 30.3 Å². The molecule has 3 aliphatic rings. The summed E-state index contributed by atoms with van der Waals surface area (Å²) in [7, 11) is 0. The zero-order valence-electron chi connectivity index (χ0n) is 21.3. The van der Waals surface area contributed by atoms with Gasteiger partial charge in [-0.1, -0.05) is 62.2 Å². The number of nitrogens with zero attached hydrogens (tertiary/aromatic N) is 2. The lowest BCUT2D eigenvalue weighted by molar-refractivity contribution is -0.122. The Kier molecular flexibility index (Phi) is 7.24. The molecule has 5 rings (SSSR count). The third-order valence-corrected chi connectivity index (χ3v) is 8.37. The summed E-state index contributed by atoms with van der Waals surface area (Å²) in [5, 5.41) is 0. The molecule has 0 radical (unpaired) electrons. The van der Waals surface area contributed by atoms with Gasteiger partial charge in [-0.3, -0.25) is 14.5 Å². The number of benzene rings is 2. The maximum atomic E-state index is 13.2. The summed E-state index contributed by atoms with van der Waals surface area (Å²) in [6.07, 6.45) is 6.25. The lowest BCUT2D eigenvalue weighted by Crippen LogP contribution is -2.51. The monoisotopic (exact) mass is 488 g/mol. The van der Waals surface area contributed by atoms with Gasteiger partial charge >= 0.3 is 5.97 Å². The maximum absolute atomic E-state index is 13.2. The van der Waals surface area contributed by atoms with Crippen molar-refractivity contribution in [1.29, 1.82) is 0 Å². The van der Waals surface area contributed by atoms with Crippen LogP contribution < -0.4 is 4.90 Å². The highest BCUT2D eigenvalue weighted by Crippen LogP contribution is 2.41. The number of carbonyl (C=O) groups excluding carboxylic acids is 3. The first kappa shape index (κ1) is 24.7. The molecule has 0 aromatic heterocycles. The number of ether oxygens (including phenoxy) is 1. The van der Waals surface area contributed by atoms with E-state index in [4.69, 9.17) is 4.74 Å². The topological polar surface area (TPSA) is 66.9 Å². The molecule has 2 heterocycles. The number of fused-ring (bicyclic) bond motifs is 1. The number of hydrogen-bond donors (Lipinski definition) is 0. The number of likely N-dealkylation sites (tertiary alicyclic amines) is 1. The van der Waals surface area contributed by atoms with E-state index in [1.54, 1.807) is 31.2 Å². The van der Waals surface area contributed by atoms with Gasteiger partial charge in [0.1, 0.15) is 0 Å². The zero-order valence-corrected chi connectivity index (χ0v) is 21.3. The third-order valence-electron chi connectivity index (χ3n) is 8.37. The molecule has 2 aromatic carbocycles. The fraction of sp³-hybridized carbons (Fsp3) is 0.500. The van der Waals surface area contributed by atoms with Gasteiger partial charge in [0.2, 0.25) is 11.8 Å². The average molecular weight is 489 g/mol. The molecule has 1 saturated carbocycles. The summed E-state index contributed by atoms with van der Waals surface area (Å²) >= 11 is 0. The van der Waals surface area contributed by atoms with Crippen LogP contribution >= 0.6 is 0 Å². The highest BCUT2D eigenvalue weighted by atomic mass is 16.5. The molecule has 2 aliphatic heterocycles. The second-order valence-electron chi connectivity index (χ2n) is 10.8. The molecular weight excluding hydrogens is 452 g/mol. The van der Waals surface area contributed by atoms with E-state index in [1.165, 1.54) is 31.2 Å². The second-order valence-corrected chi connectivity index (χ2v) is 10.8. The molecule has 6 nitrogen and oxygen atoms in total. The molecular formula is C30H36N2O4. The van der Waals surface area contributed by atoms with Gasteiger partial charge in [-0.25, -0.2) is 9.69 Å². The number of carbonyl (C=O) groups is 3. The van der Waals surface area contributed by atoms with Gasteiger partial charge in [-0.15, -0.1) is 0 Å². The van der Waals surface area contributed by atoms with E-state index in [-0.39, 0.29) is 35.6 Å². The van der Waals surface area contributed by atoms with E-state index in [1.807, 2.05) is 0 Å². The Labute approximate surface area is 213 Å². The summed E-state index contributed by atoms with van der Waals surface area (Å²) in [6.45, 7) is 5.26. The van der Waals surface area contributed by atoms with Crippen molar-refractivity contribution in [3.63, 3.8) is 0 Å². The molecule has 190 valence electrons. The molecule has 3 fully saturated rings. The van der Waals surface area contributed by atoms with Crippen molar-refractivity contribution in [2.45, 2.75) is 64.5 Å². The minimum atomic E-state index is -0.473. The predicted octanol–water partition coefficient (Wildman–Crippen LogP) is 5.38. The van der Waals surface area contributed by atoms with Gasteiger partial charge in [-0.05, 0) is 49.8 Å². The molecule has 0 spiro atoms. The van der Waals surface area contributed by atoms with Gasteiger partial charge in [0, 0.05) is 36.9 Å². The molecule has 0 bridgehead atoms. The van der Waals surface area contributed by atoms with Crippen molar-refractivity contribution < 1.29 is 19.1 Å². The predicted molar refractivity (Wildman–Crippen MR) is 138 cm³/mol. The Balaban J connectivity index is 1.30. The Hall–Kier alpha value is -2.99. The van der Waals surface area contributed by atoms with Crippen molar-refractivity contribution in [3.05, 3.63) is 65.7 Å². The average Bonchev–Trinajstić information content (AvgIpc) is 3.17. The maximum Gasteiger partial charge on any atom is 0.340 e. The van der Waals surface area contributed by atoms with E-state index >= 15 is 0 Å². The lowest BCUT2D eigenvalue weighted by atomic mass is 9.74. The van der Waals surface area contributed by atoms with Gasteiger partial charge in [-0.2, -0.15) is 0 Å². The summed E-state index contributed by atoms with van der Waals surface area (Å²) < 4.78 is 5.86. The Morgan fingerprint density at radius 3 is 2.50 bits per heavy atom. The van der Waals surface area contributed by atoms with Crippen LogP contribution in [0.2, 0.25) is 0 Å². The molecule has 2 amide bonds. The standard InChI is InChI=1S/C30H36N2O4/c1-20-16-28(33)32(29(20)34)27-15-9-7-13-25(27)30(35)36-19-22-17-24-12-6-8-14-26(24)31(18-22)21(2)23-10-4-3-5-11-23/h3-5,7,9-11,13,15,20-22,24,26H,6,8,12,14,16-19H2,1-2H3/t20?,21-,22+,24-,26-/m1/s1. The van der Waals surface area contributed by atoms with Crippen molar-refractivity contribution in [3.8, 4) is 0 Å². The number of esters is 1. The molecule has 36 heavy (non-hydrogen) atoms. The molecule has 1 aliphatic carbocycles. The van der Waals surface area contributed by atoms with Crippen LogP contribution in [0.1, 0.15) is 74.3 Å². The first-order valence-corrected chi connectivity index (χ1v) is 13.4. The highest BCUT2D eigenvalue weighted by molar-refractivity contribution is 6.22. The Bertz CT molecular complexity index is 1120. The zero-order chi connectivity index (χ0) is 25.2. The SMILES string of the molecule is CC1CC(=O)N(c2ccccc2C(=O)OC[C@H]2C[C@H]3CCCC[C@H]3N([C@H](C)c3ccccc3)C2)C1=O. The summed E-state index contributed by atoms with van der Waals surface area (Å²) in [5.41, 5.74) is 1.92. The third kappa shape index (κ3) is 4.83. The van der Waals surface area contributed by atoms with Crippen LogP contribution in [0.3, 0.4) is 0 Å². The summed E-state index contributed by atoms with van der Waals surface area (Å²) in [6, 6.07) is 18.3. The van der Waals surface area contributed by atoms with Crippen LogP contribution in [-0.4, -0.2) is 41.9 Å². The van der Waals surface area contributed by atoms with Crippen LogP contribution in [0.15, 0.2) is 54.6 Å². The number of para-hydroxylation sites is 1. The number of amides is 2. The van der Waals surface area contributed by atoms with Gasteiger partial charge < -0.3 is 4.74 Å². The van der Waals surface area contributed by atoms with Crippen molar-refractivity contribution >= 4 is 23.5 Å². The molecule has 1 unspecified atom stereocenters. The molecule has 2 aromatic rings. The first-order valence-electron chi connectivity index (χ1n) is 13.4. The fourth-order valence-electron chi connectivity index (χ4n) is 6.47. The van der Waals surface area contributed by atoms with E-state index < -0.39 is 5.97 Å². The first-order chi connectivity index (χ1) is 17.4. The van der Waals surface area contributed by atoms with Crippen molar-refractivity contribution in [2.75, 3.05) is 18.1 Å². The van der Waals surface area contributed by atoms with Crippen LogP contribution in [0.25, 0.3) is 0 Å². The molecule has 5 atom stereocenters. The van der Waals surface area contributed by atoms with Gasteiger partial charge in [0.05, 0.1) is 17.9 Å². The van der Waals surface area contributed by atoms with Crippen molar-refractivity contribution in [2.24, 2.45) is 17.8 Å². The summed E-state index contributed by atoms with van der Waals surface area (Å²) in [5.74, 6) is -0.503. The van der Waals surface area contributed by atoms with Crippen LogP contribution in [-0.2, 0) is 14.3 Å². The molecule has 6 heteroatoms. The largest absolute Gasteiger partial charge is 0.462 e. The lowest BCUT2D eigenvalue weighted by Gasteiger charge is -2.49. The number of rotatable bonds is 6. The Morgan fingerprint density at radius 2 is 1.75 bits per heavy atom. The molecule has 2 saturated heterocycles. The Morgan fingerprint density at radius 1 is 1.03 bits per heavy atom. The van der Waals surface area contributed by atoms with Crippen LogP contribution in [0, 0.1) is 17.8 Å². The normalized spacial score (nSPS) is 27.6. The smallest absolute Gasteiger partial charge is 0.340 e. The van der Waals surface area contributed by atoms with Gasteiger partial charge in [0.25, 0.3) is 0 Å². The van der Waals surface area contributed by atoms with E-state index in [0.717, 1.165) is 17.9 Å². The van der Waals surface area contributed by atoms with E-state index in [9.17, 15) is 14.4 Å². The number of imide groups is 1.